The van der Waals surface area contributed by atoms with Crippen LogP contribution in [0.2, 0.25) is 0 Å². The van der Waals surface area contributed by atoms with Crippen molar-refractivity contribution in [1.29, 1.82) is 0 Å². The molecule has 1 fully saturated rings. The number of anilines is 2. The zero-order valence-electron chi connectivity index (χ0n) is 15.9. The summed E-state index contributed by atoms with van der Waals surface area (Å²) in [5.41, 5.74) is 7.96. The van der Waals surface area contributed by atoms with Gasteiger partial charge >= 0.3 is 0 Å². The van der Waals surface area contributed by atoms with Gasteiger partial charge in [-0.3, -0.25) is 4.57 Å². The minimum absolute atomic E-state index is 0.0412. The summed E-state index contributed by atoms with van der Waals surface area (Å²) in [6.45, 7) is 1.60. The lowest BCUT2D eigenvalue weighted by Crippen LogP contribution is -2.33. The summed E-state index contributed by atoms with van der Waals surface area (Å²) < 4.78 is 7.07. The number of hydrogen-bond donors (Lipinski definition) is 5. The van der Waals surface area contributed by atoms with Gasteiger partial charge < -0.3 is 31.1 Å². The summed E-state index contributed by atoms with van der Waals surface area (Å²) in [6, 6.07) is 10.1. The molecule has 4 rings (SSSR count). The van der Waals surface area contributed by atoms with Crippen LogP contribution in [0.1, 0.15) is 18.7 Å². The van der Waals surface area contributed by atoms with Gasteiger partial charge in [0.25, 0.3) is 0 Å². The summed E-state index contributed by atoms with van der Waals surface area (Å²) in [6.07, 6.45) is -2.10. The fraction of sp³-hybridized carbons (Fsp3) is 0.421. The molecule has 0 bridgehead atoms. The normalized spacial score (nSPS) is 25.4. The number of nitrogen functional groups attached to an aromatic ring is 1. The van der Waals surface area contributed by atoms with Crippen LogP contribution >= 0.6 is 0 Å². The second-order valence-electron chi connectivity index (χ2n) is 7.22. The average Bonchev–Trinajstić information content (AvgIpc) is 3.24. The molecular weight excluding hydrogens is 376 g/mol. The van der Waals surface area contributed by atoms with Crippen molar-refractivity contribution in [3.8, 4) is 0 Å². The smallest absolute Gasteiger partial charge is 0.226 e. The summed E-state index contributed by atoms with van der Waals surface area (Å²) >= 11 is 0. The standard InChI is InChI=1S/C19H24N6O4/c1-10(7-11-5-3-2-4-6-11)22-19-23-16(20)13-17(24-19)25(9-21-13)18-15(28)14(27)12(8-26)29-18/h2-6,9-10,12,14-15,18,26-28H,7-8H2,1H3,(H3,20,22,23,24)/t10-,12-,14?,15?,18-/m1/s1. The van der Waals surface area contributed by atoms with E-state index in [9.17, 15) is 15.3 Å². The van der Waals surface area contributed by atoms with Gasteiger partial charge in [0, 0.05) is 6.04 Å². The monoisotopic (exact) mass is 400 g/mol. The number of imidazole rings is 1. The molecule has 2 unspecified atom stereocenters. The Bertz CT molecular complexity index is 981. The topological polar surface area (TPSA) is 152 Å². The van der Waals surface area contributed by atoms with E-state index in [0.29, 0.717) is 17.1 Å². The molecule has 0 radical (unpaired) electrons. The Morgan fingerprint density at radius 3 is 2.66 bits per heavy atom. The van der Waals surface area contributed by atoms with Gasteiger partial charge in [-0.15, -0.1) is 0 Å². The van der Waals surface area contributed by atoms with Crippen LogP contribution in [0.5, 0.6) is 0 Å². The van der Waals surface area contributed by atoms with Gasteiger partial charge in [-0.05, 0) is 18.9 Å². The minimum atomic E-state index is -1.24. The Morgan fingerprint density at radius 1 is 1.21 bits per heavy atom. The first-order valence-corrected chi connectivity index (χ1v) is 9.41. The van der Waals surface area contributed by atoms with Crippen molar-refractivity contribution < 1.29 is 20.1 Å². The van der Waals surface area contributed by atoms with E-state index in [1.165, 1.54) is 16.5 Å². The SMILES string of the molecule is C[C@H](Cc1ccccc1)Nc1nc(N)c2ncn([C@@H]3O[C@H](CO)C(O)C3O)c2n1. The highest BCUT2D eigenvalue weighted by Crippen LogP contribution is 2.32. The number of nitrogens with zero attached hydrogens (tertiary/aromatic N) is 4. The maximum Gasteiger partial charge on any atom is 0.226 e. The molecule has 6 N–H and O–H groups in total. The minimum Gasteiger partial charge on any atom is -0.394 e. The molecule has 0 saturated carbocycles. The van der Waals surface area contributed by atoms with Gasteiger partial charge in [-0.1, -0.05) is 30.3 Å². The lowest BCUT2D eigenvalue weighted by Gasteiger charge is -2.18. The molecule has 5 atom stereocenters. The van der Waals surface area contributed by atoms with E-state index in [-0.39, 0.29) is 11.9 Å². The quantitative estimate of drug-likeness (QED) is 0.387. The number of aliphatic hydroxyl groups is 3. The Hall–Kier alpha value is -2.79. The number of nitrogens with one attached hydrogen (secondary N) is 1. The van der Waals surface area contributed by atoms with Crippen LogP contribution in [0, 0.1) is 0 Å². The molecule has 0 aliphatic carbocycles. The lowest BCUT2D eigenvalue weighted by molar-refractivity contribution is -0.0511. The van der Waals surface area contributed by atoms with E-state index in [1.54, 1.807) is 0 Å². The van der Waals surface area contributed by atoms with Crippen LogP contribution in [0.15, 0.2) is 36.7 Å². The fourth-order valence-electron chi connectivity index (χ4n) is 3.54. The predicted octanol–water partition coefficient (Wildman–Crippen LogP) is 0.0631. The van der Waals surface area contributed by atoms with Gasteiger partial charge in [0.05, 0.1) is 12.9 Å². The summed E-state index contributed by atoms with van der Waals surface area (Å²) in [5, 5.41) is 32.9. The van der Waals surface area contributed by atoms with E-state index >= 15 is 0 Å². The largest absolute Gasteiger partial charge is 0.394 e. The predicted molar refractivity (Wildman–Crippen MR) is 106 cm³/mol. The number of nitrogens with two attached hydrogens (primary N) is 1. The molecule has 10 heteroatoms. The number of ether oxygens (including phenoxy) is 1. The second-order valence-corrected chi connectivity index (χ2v) is 7.22. The molecular formula is C19H24N6O4. The molecule has 1 saturated heterocycles. The van der Waals surface area contributed by atoms with Crippen molar-refractivity contribution in [3.63, 3.8) is 0 Å². The van der Waals surface area contributed by atoms with E-state index in [1.807, 2.05) is 37.3 Å². The third-order valence-corrected chi connectivity index (χ3v) is 5.00. The molecule has 0 spiro atoms. The molecule has 29 heavy (non-hydrogen) atoms. The molecule has 2 aromatic heterocycles. The molecule has 1 aliphatic rings. The first-order valence-electron chi connectivity index (χ1n) is 9.41. The Morgan fingerprint density at radius 2 is 1.97 bits per heavy atom. The Labute approximate surface area is 167 Å². The van der Waals surface area contributed by atoms with Crippen molar-refractivity contribution in [1.82, 2.24) is 19.5 Å². The molecule has 154 valence electrons. The van der Waals surface area contributed by atoms with Crippen LogP contribution in [0.25, 0.3) is 11.2 Å². The maximum atomic E-state index is 10.3. The van der Waals surface area contributed by atoms with Gasteiger partial charge in [-0.25, -0.2) is 4.98 Å². The fourth-order valence-corrected chi connectivity index (χ4v) is 3.54. The van der Waals surface area contributed by atoms with Gasteiger partial charge in [0.1, 0.15) is 23.8 Å². The van der Waals surface area contributed by atoms with Crippen LogP contribution in [0.3, 0.4) is 0 Å². The first kappa shape index (κ1) is 19.5. The molecule has 10 nitrogen and oxygen atoms in total. The summed E-state index contributed by atoms with van der Waals surface area (Å²) in [7, 11) is 0. The van der Waals surface area contributed by atoms with Crippen molar-refractivity contribution in [2.45, 2.75) is 43.9 Å². The highest BCUT2D eigenvalue weighted by molar-refractivity contribution is 5.83. The third kappa shape index (κ3) is 3.75. The van der Waals surface area contributed by atoms with Crippen LogP contribution in [-0.2, 0) is 11.2 Å². The van der Waals surface area contributed by atoms with E-state index < -0.39 is 31.1 Å². The van der Waals surface area contributed by atoms with Crippen molar-refractivity contribution >= 4 is 22.9 Å². The van der Waals surface area contributed by atoms with E-state index in [4.69, 9.17) is 10.5 Å². The number of aromatic nitrogens is 4. The van der Waals surface area contributed by atoms with Gasteiger partial charge in [0.15, 0.2) is 17.7 Å². The highest BCUT2D eigenvalue weighted by atomic mass is 16.6. The second kappa shape index (κ2) is 7.91. The highest BCUT2D eigenvalue weighted by Gasteiger charge is 2.44. The Kier molecular flexibility index (Phi) is 5.33. The van der Waals surface area contributed by atoms with Crippen molar-refractivity contribution in [2.24, 2.45) is 0 Å². The van der Waals surface area contributed by atoms with Gasteiger partial charge in [0.2, 0.25) is 5.95 Å². The first-order chi connectivity index (χ1) is 14.0. The van der Waals surface area contributed by atoms with Crippen molar-refractivity contribution in [2.75, 3.05) is 17.7 Å². The average molecular weight is 400 g/mol. The van der Waals surface area contributed by atoms with Crippen LogP contribution in [-0.4, -0.2) is 65.8 Å². The lowest BCUT2D eigenvalue weighted by atomic mass is 10.1. The maximum absolute atomic E-state index is 10.3. The number of rotatable bonds is 6. The summed E-state index contributed by atoms with van der Waals surface area (Å²) in [5.74, 6) is 0.516. The van der Waals surface area contributed by atoms with E-state index in [2.05, 4.69) is 20.3 Å². The zero-order valence-corrected chi connectivity index (χ0v) is 15.9. The Balaban J connectivity index is 1.60. The molecule has 3 aromatic rings. The molecule has 3 heterocycles. The number of aliphatic hydroxyl groups excluding tert-OH is 3. The third-order valence-electron chi connectivity index (χ3n) is 5.00. The number of benzene rings is 1. The molecule has 1 aromatic carbocycles. The van der Waals surface area contributed by atoms with Crippen LogP contribution in [0.4, 0.5) is 11.8 Å². The van der Waals surface area contributed by atoms with Crippen LogP contribution < -0.4 is 11.1 Å². The number of hydrogen-bond acceptors (Lipinski definition) is 9. The van der Waals surface area contributed by atoms with Gasteiger partial charge in [-0.2, -0.15) is 9.97 Å². The molecule has 1 aliphatic heterocycles. The summed E-state index contributed by atoms with van der Waals surface area (Å²) in [4.78, 5) is 13.0. The van der Waals surface area contributed by atoms with E-state index in [0.717, 1.165) is 6.42 Å². The number of fused-ring (bicyclic) bond motifs is 1. The zero-order chi connectivity index (χ0) is 20.5. The molecule has 0 amide bonds. The van der Waals surface area contributed by atoms with Crippen molar-refractivity contribution in [3.05, 3.63) is 42.2 Å².